The molecule has 96 valence electrons. The summed E-state index contributed by atoms with van der Waals surface area (Å²) in [5, 5.41) is 2.88. The zero-order valence-corrected chi connectivity index (χ0v) is 10.6. The van der Waals surface area contributed by atoms with Crippen molar-refractivity contribution >= 4 is 17.4 Å². The Morgan fingerprint density at radius 3 is 2.94 bits per heavy atom. The molecule has 1 saturated heterocycles. The van der Waals surface area contributed by atoms with E-state index < -0.39 is 0 Å². The quantitative estimate of drug-likeness (QED) is 0.801. The Morgan fingerprint density at radius 1 is 1.39 bits per heavy atom. The van der Waals surface area contributed by atoms with Gasteiger partial charge >= 0.3 is 0 Å². The average Bonchev–Trinajstić information content (AvgIpc) is 2.38. The number of hydrogen-bond donors (Lipinski definition) is 1. The van der Waals surface area contributed by atoms with E-state index in [2.05, 4.69) is 27.1 Å². The van der Waals surface area contributed by atoms with Crippen LogP contribution >= 0.6 is 0 Å². The maximum Gasteiger partial charge on any atom is 0.244 e. The maximum absolute atomic E-state index is 11.8. The minimum atomic E-state index is 0.0643. The SMILES string of the molecule is CN1CCC(N2CC(=O)Nc3cccnc32)CC1. The Bertz CT molecular complexity index is 454. The van der Waals surface area contributed by atoms with Crippen molar-refractivity contribution in [3.8, 4) is 0 Å². The second kappa shape index (κ2) is 4.57. The number of nitrogens with zero attached hydrogens (tertiary/aromatic N) is 3. The van der Waals surface area contributed by atoms with Crippen LogP contribution in [0.25, 0.3) is 0 Å². The van der Waals surface area contributed by atoms with Gasteiger partial charge < -0.3 is 15.1 Å². The fraction of sp³-hybridized carbons (Fsp3) is 0.538. The Balaban J connectivity index is 1.86. The second-order valence-corrected chi connectivity index (χ2v) is 5.09. The summed E-state index contributed by atoms with van der Waals surface area (Å²) in [7, 11) is 2.14. The lowest BCUT2D eigenvalue weighted by Crippen LogP contribution is -2.49. The lowest BCUT2D eigenvalue weighted by Gasteiger charge is -2.40. The third-order valence-electron chi connectivity index (χ3n) is 3.78. The molecule has 0 aromatic carbocycles. The van der Waals surface area contributed by atoms with Crippen molar-refractivity contribution in [1.29, 1.82) is 0 Å². The van der Waals surface area contributed by atoms with E-state index in [1.807, 2.05) is 12.1 Å². The number of amides is 1. The van der Waals surface area contributed by atoms with Crippen molar-refractivity contribution < 1.29 is 4.79 Å². The number of pyridine rings is 1. The molecule has 0 unspecified atom stereocenters. The predicted molar refractivity (Wildman–Crippen MR) is 70.7 cm³/mol. The van der Waals surface area contributed by atoms with Gasteiger partial charge in [0, 0.05) is 12.2 Å². The molecule has 2 aliphatic rings. The number of likely N-dealkylation sites (tertiary alicyclic amines) is 1. The first-order valence-electron chi connectivity index (χ1n) is 6.44. The molecule has 0 bridgehead atoms. The largest absolute Gasteiger partial charge is 0.342 e. The van der Waals surface area contributed by atoms with Crippen LogP contribution in [0.2, 0.25) is 0 Å². The van der Waals surface area contributed by atoms with Gasteiger partial charge in [-0.25, -0.2) is 4.98 Å². The molecule has 0 aliphatic carbocycles. The smallest absolute Gasteiger partial charge is 0.244 e. The van der Waals surface area contributed by atoms with Gasteiger partial charge in [-0.2, -0.15) is 0 Å². The molecule has 18 heavy (non-hydrogen) atoms. The highest BCUT2D eigenvalue weighted by Gasteiger charge is 2.30. The van der Waals surface area contributed by atoms with Gasteiger partial charge in [0.05, 0.1) is 12.2 Å². The van der Waals surface area contributed by atoms with Crippen LogP contribution in [0.3, 0.4) is 0 Å². The number of carbonyl (C=O) groups excluding carboxylic acids is 1. The Hall–Kier alpha value is -1.62. The van der Waals surface area contributed by atoms with E-state index in [0.717, 1.165) is 37.4 Å². The molecule has 2 aliphatic heterocycles. The summed E-state index contributed by atoms with van der Waals surface area (Å²) in [6, 6.07) is 4.21. The number of rotatable bonds is 1. The van der Waals surface area contributed by atoms with Crippen molar-refractivity contribution in [2.24, 2.45) is 0 Å². The van der Waals surface area contributed by atoms with Crippen LogP contribution in [-0.2, 0) is 4.79 Å². The summed E-state index contributed by atoms with van der Waals surface area (Å²) in [6.45, 7) is 2.61. The predicted octanol–water partition coefficient (Wildman–Crippen LogP) is 0.934. The van der Waals surface area contributed by atoms with Gasteiger partial charge in [-0.3, -0.25) is 4.79 Å². The molecule has 1 amide bonds. The molecular weight excluding hydrogens is 228 g/mol. The fourth-order valence-corrected chi connectivity index (χ4v) is 2.75. The molecule has 0 atom stereocenters. The monoisotopic (exact) mass is 246 g/mol. The molecule has 1 N–H and O–H groups in total. The van der Waals surface area contributed by atoms with Gasteiger partial charge in [0.1, 0.15) is 0 Å². The minimum Gasteiger partial charge on any atom is -0.342 e. The average molecular weight is 246 g/mol. The van der Waals surface area contributed by atoms with Crippen LogP contribution in [0, 0.1) is 0 Å². The first kappa shape index (κ1) is 11.5. The number of fused-ring (bicyclic) bond motifs is 1. The van der Waals surface area contributed by atoms with Crippen molar-refractivity contribution in [3.63, 3.8) is 0 Å². The molecular formula is C13H18N4O. The fourth-order valence-electron chi connectivity index (χ4n) is 2.75. The van der Waals surface area contributed by atoms with E-state index in [0.29, 0.717) is 12.6 Å². The topological polar surface area (TPSA) is 48.5 Å². The van der Waals surface area contributed by atoms with Gasteiger partial charge in [-0.15, -0.1) is 0 Å². The summed E-state index contributed by atoms with van der Waals surface area (Å²) >= 11 is 0. The van der Waals surface area contributed by atoms with E-state index in [-0.39, 0.29) is 5.91 Å². The summed E-state index contributed by atoms with van der Waals surface area (Å²) in [5.41, 5.74) is 0.840. The number of aromatic nitrogens is 1. The highest BCUT2D eigenvalue weighted by Crippen LogP contribution is 2.30. The lowest BCUT2D eigenvalue weighted by molar-refractivity contribution is -0.115. The number of anilines is 2. The van der Waals surface area contributed by atoms with Crippen LogP contribution in [-0.4, -0.2) is 48.5 Å². The van der Waals surface area contributed by atoms with E-state index in [9.17, 15) is 4.79 Å². The first-order valence-corrected chi connectivity index (χ1v) is 6.44. The number of hydrogen-bond acceptors (Lipinski definition) is 4. The number of piperidine rings is 1. The van der Waals surface area contributed by atoms with Crippen LogP contribution in [0.1, 0.15) is 12.8 Å². The highest BCUT2D eigenvalue weighted by molar-refractivity contribution is 6.00. The van der Waals surface area contributed by atoms with Crippen molar-refractivity contribution in [3.05, 3.63) is 18.3 Å². The van der Waals surface area contributed by atoms with Crippen LogP contribution in [0.15, 0.2) is 18.3 Å². The zero-order valence-electron chi connectivity index (χ0n) is 10.6. The Labute approximate surface area is 107 Å². The van der Waals surface area contributed by atoms with E-state index >= 15 is 0 Å². The number of nitrogens with one attached hydrogen (secondary N) is 1. The standard InChI is InChI=1S/C13H18N4O/c1-16-7-4-10(5-8-16)17-9-12(18)15-11-3-2-6-14-13(11)17/h2-3,6,10H,4-5,7-9H2,1H3,(H,15,18). The van der Waals surface area contributed by atoms with Crippen molar-refractivity contribution in [1.82, 2.24) is 9.88 Å². The van der Waals surface area contributed by atoms with Crippen LogP contribution < -0.4 is 10.2 Å². The molecule has 5 nitrogen and oxygen atoms in total. The summed E-state index contributed by atoms with van der Waals surface area (Å²) in [5.74, 6) is 0.987. The van der Waals surface area contributed by atoms with Crippen LogP contribution in [0.4, 0.5) is 11.5 Å². The molecule has 3 rings (SSSR count). The maximum atomic E-state index is 11.8. The minimum absolute atomic E-state index is 0.0643. The van der Waals surface area contributed by atoms with Gasteiger partial charge in [-0.1, -0.05) is 0 Å². The molecule has 1 fully saturated rings. The van der Waals surface area contributed by atoms with Crippen LogP contribution in [0.5, 0.6) is 0 Å². The summed E-state index contributed by atoms with van der Waals surface area (Å²) in [4.78, 5) is 20.7. The third kappa shape index (κ3) is 2.06. The summed E-state index contributed by atoms with van der Waals surface area (Å²) < 4.78 is 0. The highest BCUT2D eigenvalue weighted by atomic mass is 16.2. The van der Waals surface area contributed by atoms with Crippen molar-refractivity contribution in [2.75, 3.05) is 36.9 Å². The third-order valence-corrected chi connectivity index (χ3v) is 3.78. The molecule has 0 spiro atoms. The van der Waals surface area contributed by atoms with Gasteiger partial charge in [0.2, 0.25) is 5.91 Å². The van der Waals surface area contributed by atoms with Gasteiger partial charge in [0.15, 0.2) is 5.82 Å². The first-order chi connectivity index (χ1) is 8.74. The van der Waals surface area contributed by atoms with Crippen molar-refractivity contribution in [2.45, 2.75) is 18.9 Å². The van der Waals surface area contributed by atoms with Gasteiger partial charge in [-0.05, 0) is 45.1 Å². The number of carbonyl (C=O) groups is 1. The zero-order chi connectivity index (χ0) is 12.5. The molecule has 1 aromatic heterocycles. The van der Waals surface area contributed by atoms with E-state index in [1.165, 1.54) is 0 Å². The Kier molecular flexibility index (Phi) is 2.91. The second-order valence-electron chi connectivity index (χ2n) is 5.09. The molecule has 0 saturated carbocycles. The van der Waals surface area contributed by atoms with E-state index in [4.69, 9.17) is 0 Å². The van der Waals surface area contributed by atoms with E-state index in [1.54, 1.807) is 6.20 Å². The molecule has 1 aromatic rings. The van der Waals surface area contributed by atoms with Gasteiger partial charge in [0.25, 0.3) is 0 Å². The molecule has 5 heteroatoms. The summed E-state index contributed by atoms with van der Waals surface area (Å²) in [6.07, 6.45) is 3.98. The normalized spacial score (nSPS) is 21.6. The lowest BCUT2D eigenvalue weighted by atomic mass is 10.0. The Morgan fingerprint density at radius 2 is 2.17 bits per heavy atom. The molecule has 0 radical (unpaired) electrons. The molecule has 3 heterocycles.